The van der Waals surface area contributed by atoms with Crippen LogP contribution in [-0.2, 0) is 4.74 Å². The number of imidazole rings is 1. The summed E-state index contributed by atoms with van der Waals surface area (Å²) in [5.74, 6) is 0.616. The fraction of sp³-hybridized carbons (Fsp3) is 0.667. The minimum atomic E-state index is -1.05. The highest BCUT2D eigenvalue weighted by atomic mass is 127. The first-order valence-electron chi connectivity index (χ1n) is 6.22. The number of halogens is 3. The number of nitrogens with zero attached hydrogens (tertiary/aromatic N) is 2. The molecular formula is C12H16FI2N3O2. The molecule has 1 amide bonds. The van der Waals surface area contributed by atoms with E-state index in [2.05, 4.69) is 55.1 Å². The van der Waals surface area contributed by atoms with Crippen molar-refractivity contribution in [2.24, 2.45) is 0 Å². The van der Waals surface area contributed by atoms with Gasteiger partial charge in [0.25, 0.3) is 0 Å². The van der Waals surface area contributed by atoms with Crippen molar-refractivity contribution in [3.63, 3.8) is 0 Å². The summed E-state index contributed by atoms with van der Waals surface area (Å²) < 4.78 is 20.8. The van der Waals surface area contributed by atoms with Crippen LogP contribution in [0, 0.1) is 7.40 Å². The number of aromatic amines is 1. The maximum absolute atomic E-state index is 13.7. The van der Waals surface area contributed by atoms with Gasteiger partial charge in [-0.15, -0.1) is 0 Å². The number of ether oxygens (including phenoxy) is 1. The van der Waals surface area contributed by atoms with Gasteiger partial charge in [0.05, 0.1) is 12.6 Å². The molecule has 2 atom stereocenters. The predicted octanol–water partition coefficient (Wildman–Crippen LogP) is 3.64. The quantitative estimate of drug-likeness (QED) is 0.592. The Balaban J connectivity index is 2.20. The summed E-state index contributed by atoms with van der Waals surface area (Å²) in [5.41, 5.74) is -0.595. The normalized spacial score (nSPS) is 23.2. The number of alkyl halides is 1. The Bertz CT molecular complexity index is 496. The van der Waals surface area contributed by atoms with Gasteiger partial charge in [0.1, 0.15) is 25.0 Å². The second kappa shape index (κ2) is 5.93. The summed E-state index contributed by atoms with van der Waals surface area (Å²) in [4.78, 5) is 21.1. The molecule has 0 spiro atoms. The molecular weight excluding hydrogens is 491 g/mol. The van der Waals surface area contributed by atoms with Crippen molar-refractivity contribution in [1.82, 2.24) is 14.9 Å². The van der Waals surface area contributed by atoms with Gasteiger partial charge in [-0.2, -0.15) is 0 Å². The molecule has 1 saturated heterocycles. The van der Waals surface area contributed by atoms with Gasteiger partial charge in [-0.3, -0.25) is 4.90 Å². The molecule has 0 radical (unpaired) electrons. The third-order valence-corrected chi connectivity index (χ3v) is 5.42. The van der Waals surface area contributed by atoms with Gasteiger partial charge in [-0.1, -0.05) is 0 Å². The van der Waals surface area contributed by atoms with Crippen molar-refractivity contribution in [3.8, 4) is 0 Å². The van der Waals surface area contributed by atoms with Crippen LogP contribution in [0.15, 0.2) is 0 Å². The fourth-order valence-corrected chi connectivity index (χ4v) is 2.86. The lowest BCUT2D eigenvalue weighted by molar-refractivity contribution is 0.0211. The lowest BCUT2D eigenvalue weighted by atomic mass is 10.2. The van der Waals surface area contributed by atoms with Crippen LogP contribution in [0.1, 0.15) is 39.1 Å². The molecule has 1 aromatic rings. The van der Waals surface area contributed by atoms with Gasteiger partial charge in [0.15, 0.2) is 0 Å². The second-order valence-corrected chi connectivity index (χ2v) is 7.81. The van der Waals surface area contributed by atoms with Crippen molar-refractivity contribution in [2.75, 3.05) is 6.54 Å². The molecule has 0 aliphatic carbocycles. The van der Waals surface area contributed by atoms with Crippen molar-refractivity contribution in [3.05, 3.63) is 13.2 Å². The Labute approximate surface area is 144 Å². The molecule has 1 aromatic heterocycles. The summed E-state index contributed by atoms with van der Waals surface area (Å²) in [6.45, 7) is 5.43. The largest absolute Gasteiger partial charge is 0.444 e. The lowest BCUT2D eigenvalue weighted by Crippen LogP contribution is -2.37. The Morgan fingerprint density at radius 1 is 1.50 bits per heavy atom. The molecule has 0 saturated carbocycles. The maximum Gasteiger partial charge on any atom is 0.411 e. The molecule has 0 bridgehead atoms. The maximum atomic E-state index is 13.7. The van der Waals surface area contributed by atoms with Gasteiger partial charge in [0, 0.05) is 6.42 Å². The molecule has 0 aromatic carbocycles. The van der Waals surface area contributed by atoms with Gasteiger partial charge in [-0.25, -0.2) is 14.2 Å². The van der Waals surface area contributed by atoms with Gasteiger partial charge in [0.2, 0.25) is 0 Å². The van der Waals surface area contributed by atoms with E-state index in [-0.39, 0.29) is 13.0 Å². The van der Waals surface area contributed by atoms with E-state index in [1.54, 1.807) is 20.8 Å². The predicted molar refractivity (Wildman–Crippen MR) is 89.2 cm³/mol. The fourth-order valence-electron chi connectivity index (χ4n) is 2.07. The van der Waals surface area contributed by atoms with E-state index in [0.717, 1.165) is 7.40 Å². The zero-order valence-electron chi connectivity index (χ0n) is 11.4. The van der Waals surface area contributed by atoms with Crippen molar-refractivity contribution >= 4 is 51.3 Å². The topological polar surface area (TPSA) is 58.2 Å². The van der Waals surface area contributed by atoms with Crippen LogP contribution in [0.4, 0.5) is 9.18 Å². The van der Waals surface area contributed by atoms with E-state index in [1.807, 2.05) is 0 Å². The zero-order chi connectivity index (χ0) is 15.1. The molecule has 5 nitrogen and oxygen atoms in total. The number of amides is 1. The smallest absolute Gasteiger partial charge is 0.411 e. The summed E-state index contributed by atoms with van der Waals surface area (Å²) in [5, 5.41) is 0. The molecule has 112 valence electrons. The Kier molecular flexibility index (Phi) is 4.82. The molecule has 1 N–H and O–H groups in total. The van der Waals surface area contributed by atoms with E-state index in [9.17, 15) is 9.18 Å². The molecule has 0 unspecified atom stereocenters. The number of carbonyl (C=O) groups is 1. The monoisotopic (exact) mass is 507 g/mol. The first-order chi connectivity index (χ1) is 9.17. The van der Waals surface area contributed by atoms with Gasteiger partial charge >= 0.3 is 6.09 Å². The minimum Gasteiger partial charge on any atom is -0.444 e. The first-order valence-corrected chi connectivity index (χ1v) is 8.37. The average Bonchev–Trinajstić information content (AvgIpc) is 2.81. The summed E-state index contributed by atoms with van der Waals surface area (Å²) in [7, 11) is 0. The first kappa shape index (κ1) is 16.2. The van der Waals surface area contributed by atoms with Crippen LogP contribution in [0.25, 0.3) is 0 Å². The van der Waals surface area contributed by atoms with Gasteiger partial charge in [-0.05, 0) is 66.0 Å². The Hall–Kier alpha value is -0.130. The van der Waals surface area contributed by atoms with Crippen LogP contribution in [0.3, 0.4) is 0 Å². The molecule has 1 aliphatic rings. The number of hydrogen-bond acceptors (Lipinski definition) is 3. The van der Waals surface area contributed by atoms with Crippen LogP contribution in [0.5, 0.6) is 0 Å². The highest BCUT2D eigenvalue weighted by Gasteiger charge is 2.40. The van der Waals surface area contributed by atoms with E-state index in [0.29, 0.717) is 5.82 Å². The van der Waals surface area contributed by atoms with Gasteiger partial charge < -0.3 is 9.72 Å². The van der Waals surface area contributed by atoms with E-state index >= 15 is 0 Å². The van der Waals surface area contributed by atoms with E-state index in [1.165, 1.54) is 4.90 Å². The van der Waals surface area contributed by atoms with Crippen LogP contribution in [0.2, 0.25) is 0 Å². The van der Waals surface area contributed by atoms with Crippen LogP contribution < -0.4 is 0 Å². The van der Waals surface area contributed by atoms with Crippen molar-refractivity contribution in [2.45, 2.75) is 45.0 Å². The number of carbonyl (C=O) groups excluding carboxylic acids is 1. The molecule has 20 heavy (non-hydrogen) atoms. The number of aromatic nitrogens is 2. The van der Waals surface area contributed by atoms with E-state index < -0.39 is 23.9 Å². The summed E-state index contributed by atoms with van der Waals surface area (Å²) >= 11 is 4.23. The number of nitrogens with one attached hydrogen (secondary N) is 1. The third kappa shape index (κ3) is 3.74. The van der Waals surface area contributed by atoms with Crippen LogP contribution >= 0.6 is 45.2 Å². The molecule has 1 fully saturated rings. The molecule has 1 aliphatic heterocycles. The highest BCUT2D eigenvalue weighted by Crippen LogP contribution is 2.34. The third-order valence-electron chi connectivity index (χ3n) is 2.83. The summed E-state index contributed by atoms with van der Waals surface area (Å²) in [6, 6.07) is -0.392. The Morgan fingerprint density at radius 3 is 2.65 bits per heavy atom. The standard InChI is InChI=1S/C12H16FI2N3O2/c1-12(2,3)20-11(19)18-5-6(13)4-7(18)10-16-8(14)9(15)17-10/h6-7H,4-5H2,1-3H3,(H,16,17)/t6-,7-/m0/s1. The number of likely N-dealkylation sites (tertiary alicyclic amines) is 1. The number of hydrogen-bond donors (Lipinski definition) is 1. The lowest BCUT2D eigenvalue weighted by Gasteiger charge is -2.27. The SMILES string of the molecule is CC(C)(C)OC(=O)N1C[C@@H](F)C[C@H]1c1nc(I)c(I)[nH]1. The average molecular weight is 507 g/mol. The highest BCUT2D eigenvalue weighted by molar-refractivity contribution is 14.1. The number of rotatable bonds is 1. The molecule has 2 rings (SSSR count). The molecule has 8 heteroatoms. The molecule has 2 heterocycles. The second-order valence-electron chi connectivity index (χ2n) is 5.71. The van der Waals surface area contributed by atoms with Crippen LogP contribution in [-0.4, -0.2) is 39.3 Å². The number of H-pyrrole nitrogens is 1. The summed E-state index contributed by atoms with van der Waals surface area (Å²) in [6.07, 6.45) is -1.30. The Morgan fingerprint density at radius 2 is 2.15 bits per heavy atom. The van der Waals surface area contributed by atoms with E-state index in [4.69, 9.17) is 4.74 Å². The van der Waals surface area contributed by atoms with Crippen molar-refractivity contribution < 1.29 is 13.9 Å². The zero-order valence-corrected chi connectivity index (χ0v) is 15.7. The minimum absolute atomic E-state index is 0.0490. The van der Waals surface area contributed by atoms with Crippen molar-refractivity contribution in [1.29, 1.82) is 0 Å².